The van der Waals surface area contributed by atoms with Gasteiger partial charge in [0.15, 0.2) is 0 Å². The standard InChI is InChI=1S/C13H25NO6/c1-13(2,3)20-12(17)14(4)6-8-19-10-9-18-7-5-11(15)16/h5-10H2,1-4H3,(H,15,16). The number of hydrogen-bond donors (Lipinski definition) is 1. The third-order valence-electron chi connectivity index (χ3n) is 2.11. The lowest BCUT2D eigenvalue weighted by molar-refractivity contribution is -0.138. The van der Waals surface area contributed by atoms with Crippen LogP contribution in [0.15, 0.2) is 0 Å². The van der Waals surface area contributed by atoms with E-state index in [9.17, 15) is 9.59 Å². The van der Waals surface area contributed by atoms with Crippen LogP contribution in [0.4, 0.5) is 4.79 Å². The van der Waals surface area contributed by atoms with Gasteiger partial charge < -0.3 is 24.2 Å². The van der Waals surface area contributed by atoms with Crippen LogP contribution in [0.3, 0.4) is 0 Å². The number of likely N-dealkylation sites (N-methyl/N-ethyl adjacent to an activating group) is 1. The first-order valence-electron chi connectivity index (χ1n) is 6.54. The molecule has 0 aliphatic carbocycles. The first-order chi connectivity index (χ1) is 9.22. The highest BCUT2D eigenvalue weighted by molar-refractivity contribution is 5.67. The van der Waals surface area contributed by atoms with Gasteiger partial charge >= 0.3 is 12.1 Å². The number of carbonyl (C=O) groups excluding carboxylic acids is 1. The lowest BCUT2D eigenvalue weighted by atomic mass is 10.2. The van der Waals surface area contributed by atoms with E-state index in [-0.39, 0.29) is 19.1 Å². The van der Waals surface area contributed by atoms with E-state index >= 15 is 0 Å². The fraction of sp³-hybridized carbons (Fsp3) is 0.846. The van der Waals surface area contributed by atoms with E-state index in [1.54, 1.807) is 7.05 Å². The third-order valence-corrected chi connectivity index (χ3v) is 2.11. The van der Waals surface area contributed by atoms with Gasteiger partial charge in [0.05, 0.1) is 32.8 Å². The minimum Gasteiger partial charge on any atom is -0.481 e. The van der Waals surface area contributed by atoms with Gasteiger partial charge in [-0.25, -0.2) is 4.79 Å². The molecule has 0 rings (SSSR count). The fourth-order valence-corrected chi connectivity index (χ4v) is 1.11. The summed E-state index contributed by atoms with van der Waals surface area (Å²) >= 11 is 0. The van der Waals surface area contributed by atoms with Gasteiger partial charge in [0.2, 0.25) is 0 Å². The Hall–Kier alpha value is -1.34. The Balaban J connectivity index is 3.50. The minimum atomic E-state index is -0.884. The topological polar surface area (TPSA) is 85.3 Å². The molecular weight excluding hydrogens is 266 g/mol. The highest BCUT2D eigenvalue weighted by Crippen LogP contribution is 2.08. The molecule has 20 heavy (non-hydrogen) atoms. The predicted octanol–water partition coefficient (Wildman–Crippen LogP) is 1.36. The summed E-state index contributed by atoms with van der Waals surface area (Å²) in [4.78, 5) is 23.2. The first-order valence-corrected chi connectivity index (χ1v) is 6.54. The number of ether oxygens (including phenoxy) is 3. The van der Waals surface area contributed by atoms with Crippen molar-refractivity contribution in [3.8, 4) is 0 Å². The molecular formula is C13H25NO6. The fourth-order valence-electron chi connectivity index (χ4n) is 1.11. The molecule has 0 saturated carbocycles. The lowest BCUT2D eigenvalue weighted by Gasteiger charge is -2.24. The molecule has 0 radical (unpaired) electrons. The van der Waals surface area contributed by atoms with Crippen molar-refractivity contribution in [3.63, 3.8) is 0 Å². The summed E-state index contributed by atoms with van der Waals surface area (Å²) in [6.07, 6.45) is -0.403. The van der Waals surface area contributed by atoms with Crippen molar-refractivity contribution in [1.29, 1.82) is 0 Å². The maximum absolute atomic E-state index is 11.6. The first kappa shape index (κ1) is 18.7. The summed E-state index contributed by atoms with van der Waals surface area (Å²) in [5, 5.41) is 8.39. The zero-order chi connectivity index (χ0) is 15.6. The van der Waals surface area contributed by atoms with Crippen molar-refractivity contribution in [2.75, 3.05) is 40.0 Å². The van der Waals surface area contributed by atoms with Crippen LogP contribution in [0.1, 0.15) is 27.2 Å². The molecule has 0 fully saturated rings. The zero-order valence-corrected chi connectivity index (χ0v) is 12.7. The highest BCUT2D eigenvalue weighted by Gasteiger charge is 2.19. The summed E-state index contributed by atoms with van der Waals surface area (Å²) < 4.78 is 15.5. The van der Waals surface area contributed by atoms with Crippen LogP contribution < -0.4 is 0 Å². The molecule has 0 aromatic carbocycles. The highest BCUT2D eigenvalue weighted by atomic mass is 16.6. The van der Waals surface area contributed by atoms with Crippen molar-refractivity contribution in [2.45, 2.75) is 32.8 Å². The predicted molar refractivity (Wildman–Crippen MR) is 72.8 cm³/mol. The van der Waals surface area contributed by atoms with E-state index in [1.807, 2.05) is 20.8 Å². The molecule has 0 aromatic rings. The molecule has 7 nitrogen and oxygen atoms in total. The van der Waals surface area contributed by atoms with Crippen LogP contribution in [0, 0.1) is 0 Å². The van der Waals surface area contributed by atoms with Gasteiger partial charge in [0.25, 0.3) is 0 Å². The van der Waals surface area contributed by atoms with E-state index in [4.69, 9.17) is 19.3 Å². The van der Waals surface area contributed by atoms with Gasteiger partial charge in [0.1, 0.15) is 5.60 Å². The maximum Gasteiger partial charge on any atom is 0.410 e. The molecule has 0 aliphatic rings. The molecule has 0 spiro atoms. The number of aliphatic carboxylic acids is 1. The van der Waals surface area contributed by atoms with E-state index in [0.717, 1.165) is 0 Å². The number of carboxylic acids is 1. The molecule has 0 aromatic heterocycles. The summed E-state index contributed by atoms with van der Waals surface area (Å²) in [6, 6.07) is 0. The summed E-state index contributed by atoms with van der Waals surface area (Å²) in [5.41, 5.74) is -0.510. The van der Waals surface area contributed by atoms with Gasteiger partial charge in [-0.15, -0.1) is 0 Å². The molecule has 0 heterocycles. The van der Waals surface area contributed by atoms with Crippen LogP contribution in [-0.2, 0) is 19.0 Å². The smallest absolute Gasteiger partial charge is 0.410 e. The van der Waals surface area contributed by atoms with Crippen LogP contribution in [-0.4, -0.2) is 67.7 Å². The van der Waals surface area contributed by atoms with Crippen LogP contribution >= 0.6 is 0 Å². The minimum absolute atomic E-state index is 0.0125. The van der Waals surface area contributed by atoms with E-state index in [0.29, 0.717) is 26.4 Å². The maximum atomic E-state index is 11.6. The molecule has 0 unspecified atom stereocenters. The van der Waals surface area contributed by atoms with Gasteiger partial charge in [-0.3, -0.25) is 4.79 Å². The van der Waals surface area contributed by atoms with Crippen molar-refractivity contribution in [1.82, 2.24) is 4.90 Å². The zero-order valence-electron chi connectivity index (χ0n) is 12.7. The van der Waals surface area contributed by atoms with Gasteiger partial charge in [0, 0.05) is 13.6 Å². The normalized spacial score (nSPS) is 11.2. The molecule has 0 aliphatic heterocycles. The average molecular weight is 291 g/mol. The molecule has 0 saturated heterocycles. The van der Waals surface area contributed by atoms with E-state index in [2.05, 4.69) is 0 Å². The molecule has 1 amide bonds. The largest absolute Gasteiger partial charge is 0.481 e. The molecule has 7 heteroatoms. The second-order valence-electron chi connectivity index (χ2n) is 5.27. The second-order valence-corrected chi connectivity index (χ2v) is 5.27. The number of carboxylic acid groups (broad SMARTS) is 1. The van der Waals surface area contributed by atoms with E-state index in [1.165, 1.54) is 4.90 Å². The van der Waals surface area contributed by atoms with Crippen molar-refractivity contribution < 1.29 is 28.9 Å². The molecule has 118 valence electrons. The summed E-state index contributed by atoms with van der Waals surface area (Å²) in [5.74, 6) is -0.884. The Morgan fingerprint density at radius 3 is 2.10 bits per heavy atom. The number of rotatable bonds is 9. The number of hydrogen-bond acceptors (Lipinski definition) is 5. The Morgan fingerprint density at radius 1 is 1.05 bits per heavy atom. The summed E-state index contributed by atoms with van der Waals surface area (Å²) in [7, 11) is 1.64. The Labute approximate surface area is 119 Å². The number of carbonyl (C=O) groups is 2. The summed E-state index contributed by atoms with van der Waals surface area (Å²) in [6.45, 7) is 7.10. The molecule has 1 N–H and O–H groups in total. The van der Waals surface area contributed by atoms with Gasteiger partial charge in [-0.05, 0) is 20.8 Å². The lowest BCUT2D eigenvalue weighted by Crippen LogP contribution is -2.36. The average Bonchev–Trinajstić information content (AvgIpc) is 2.29. The van der Waals surface area contributed by atoms with Crippen LogP contribution in [0.25, 0.3) is 0 Å². The van der Waals surface area contributed by atoms with Crippen LogP contribution in [0.5, 0.6) is 0 Å². The Morgan fingerprint density at radius 2 is 1.60 bits per heavy atom. The van der Waals surface area contributed by atoms with E-state index < -0.39 is 11.6 Å². The van der Waals surface area contributed by atoms with Crippen molar-refractivity contribution in [2.24, 2.45) is 0 Å². The van der Waals surface area contributed by atoms with Crippen LogP contribution in [0.2, 0.25) is 0 Å². The number of amides is 1. The monoisotopic (exact) mass is 291 g/mol. The Kier molecular flexibility index (Phi) is 8.91. The molecule has 0 bridgehead atoms. The SMILES string of the molecule is CN(CCOCCOCCC(=O)O)C(=O)OC(C)(C)C. The van der Waals surface area contributed by atoms with Crippen molar-refractivity contribution >= 4 is 12.1 Å². The molecule has 0 atom stereocenters. The second kappa shape index (κ2) is 9.55. The van der Waals surface area contributed by atoms with Gasteiger partial charge in [-0.1, -0.05) is 0 Å². The number of nitrogens with zero attached hydrogens (tertiary/aromatic N) is 1. The van der Waals surface area contributed by atoms with Crippen molar-refractivity contribution in [3.05, 3.63) is 0 Å². The van der Waals surface area contributed by atoms with Gasteiger partial charge in [-0.2, -0.15) is 0 Å². The quantitative estimate of drug-likeness (QED) is 0.646. The Bertz CT molecular complexity index is 300. The third kappa shape index (κ3) is 11.7.